The van der Waals surface area contributed by atoms with Gasteiger partial charge in [0.05, 0.1) is 0 Å². The van der Waals surface area contributed by atoms with Gasteiger partial charge in [-0.15, -0.1) is 5.10 Å². The summed E-state index contributed by atoms with van der Waals surface area (Å²) >= 11 is 0. The molecule has 0 unspecified atom stereocenters. The Hall–Kier alpha value is -1.45. The zero-order valence-corrected chi connectivity index (χ0v) is 7.52. The van der Waals surface area contributed by atoms with E-state index >= 15 is 0 Å². The third-order valence-corrected chi connectivity index (χ3v) is 1.48. The van der Waals surface area contributed by atoms with E-state index in [-0.39, 0.29) is 0 Å². The van der Waals surface area contributed by atoms with Crippen LogP contribution in [0.25, 0.3) is 0 Å². The van der Waals surface area contributed by atoms with Gasteiger partial charge < -0.3 is 4.90 Å². The number of rotatable bonds is 1. The van der Waals surface area contributed by atoms with Crippen LogP contribution in [0.4, 0.5) is 5.82 Å². The predicted octanol–water partition coefficient (Wildman–Crippen LogP) is 1.09. The first kappa shape index (κ1) is 8.64. The van der Waals surface area contributed by atoms with Crippen molar-refractivity contribution in [2.45, 2.75) is 6.92 Å². The van der Waals surface area contributed by atoms with Gasteiger partial charge >= 0.3 is 0 Å². The Morgan fingerprint density at radius 3 is 2.75 bits per heavy atom. The zero-order chi connectivity index (χ0) is 8.97. The van der Waals surface area contributed by atoms with Crippen LogP contribution in [0.15, 0.2) is 23.3 Å². The van der Waals surface area contributed by atoms with Crippen molar-refractivity contribution in [3.8, 4) is 0 Å². The Morgan fingerprint density at radius 1 is 1.50 bits per heavy atom. The second kappa shape index (κ2) is 3.80. The molecule has 0 N–H and O–H groups in total. The summed E-state index contributed by atoms with van der Waals surface area (Å²) in [6, 6.07) is 3.63. The van der Waals surface area contributed by atoms with Gasteiger partial charge in [0.1, 0.15) is 5.84 Å². The van der Waals surface area contributed by atoms with E-state index in [9.17, 15) is 0 Å². The fourth-order valence-corrected chi connectivity index (χ4v) is 0.619. The van der Waals surface area contributed by atoms with Gasteiger partial charge in [-0.2, -0.15) is 5.10 Å². The topological polar surface area (TPSA) is 41.4 Å². The fourth-order valence-electron chi connectivity index (χ4n) is 0.619. The largest absolute Gasteiger partial charge is 0.366 e. The van der Waals surface area contributed by atoms with Crippen molar-refractivity contribution in [1.29, 1.82) is 0 Å². The molecule has 1 aromatic heterocycles. The van der Waals surface area contributed by atoms with Gasteiger partial charge in [0, 0.05) is 20.3 Å². The molecule has 0 radical (unpaired) electrons. The number of hydrogen-bond donors (Lipinski definition) is 0. The minimum absolute atomic E-state index is 0.642. The summed E-state index contributed by atoms with van der Waals surface area (Å²) in [7, 11) is 3.88. The smallest absolute Gasteiger partial charge is 0.176 e. The van der Waals surface area contributed by atoms with Crippen molar-refractivity contribution in [1.82, 2.24) is 15.1 Å². The number of aliphatic imine (C=N–C) groups is 1. The van der Waals surface area contributed by atoms with Gasteiger partial charge in [-0.3, -0.25) is 0 Å². The first-order valence-electron chi connectivity index (χ1n) is 3.70. The molecule has 0 aliphatic carbocycles. The molecule has 1 aromatic rings. The van der Waals surface area contributed by atoms with Crippen molar-refractivity contribution in [3.63, 3.8) is 0 Å². The molecule has 4 nitrogen and oxygen atoms in total. The second-order valence-electron chi connectivity index (χ2n) is 2.64. The summed E-state index contributed by atoms with van der Waals surface area (Å²) in [5, 5.41) is 7.56. The first-order valence-corrected chi connectivity index (χ1v) is 3.70. The molecule has 1 heterocycles. The quantitative estimate of drug-likeness (QED) is 0.461. The van der Waals surface area contributed by atoms with Gasteiger partial charge in [0.15, 0.2) is 5.82 Å². The maximum atomic E-state index is 4.23. The molecule has 1 rings (SSSR count). The minimum atomic E-state index is 0.642. The van der Waals surface area contributed by atoms with E-state index < -0.39 is 0 Å². The molecule has 0 saturated heterocycles. The maximum absolute atomic E-state index is 4.23. The predicted molar refractivity (Wildman–Crippen MR) is 48.5 cm³/mol. The Balaban J connectivity index is 2.81. The highest BCUT2D eigenvalue weighted by Crippen LogP contribution is 2.03. The molecule has 0 amide bonds. The summed E-state index contributed by atoms with van der Waals surface area (Å²) in [5.74, 6) is 1.55. The number of aromatic nitrogens is 2. The van der Waals surface area contributed by atoms with E-state index in [0.29, 0.717) is 5.82 Å². The fraction of sp³-hybridized carbons (Fsp3) is 0.375. The molecular weight excluding hydrogens is 152 g/mol. The molecule has 0 atom stereocenters. The molecule has 0 fully saturated rings. The SMILES string of the molecule is CC(=Nc1cccnn1)N(C)C. The second-order valence-corrected chi connectivity index (χ2v) is 2.64. The third-order valence-electron chi connectivity index (χ3n) is 1.48. The third kappa shape index (κ3) is 2.30. The molecule has 0 bridgehead atoms. The number of nitrogens with zero attached hydrogens (tertiary/aromatic N) is 4. The van der Waals surface area contributed by atoms with Crippen LogP contribution in [-0.2, 0) is 0 Å². The van der Waals surface area contributed by atoms with E-state index in [1.54, 1.807) is 6.20 Å². The van der Waals surface area contributed by atoms with Crippen molar-refractivity contribution in [2.24, 2.45) is 4.99 Å². The number of amidine groups is 1. The van der Waals surface area contributed by atoms with Gasteiger partial charge in [-0.25, -0.2) is 4.99 Å². The van der Waals surface area contributed by atoms with Crippen LogP contribution >= 0.6 is 0 Å². The standard InChI is InChI=1S/C8H12N4/c1-7(12(2)3)10-8-5-4-6-9-11-8/h4-6H,1-3H3. The van der Waals surface area contributed by atoms with Crippen LogP contribution in [0.2, 0.25) is 0 Å². The van der Waals surface area contributed by atoms with Crippen LogP contribution in [0.1, 0.15) is 6.92 Å². The lowest BCUT2D eigenvalue weighted by Gasteiger charge is -2.09. The highest BCUT2D eigenvalue weighted by molar-refractivity contribution is 5.81. The monoisotopic (exact) mass is 164 g/mol. The summed E-state index contributed by atoms with van der Waals surface area (Å²) in [6.45, 7) is 1.93. The lowest BCUT2D eigenvalue weighted by Crippen LogP contribution is -2.17. The van der Waals surface area contributed by atoms with Crippen molar-refractivity contribution < 1.29 is 0 Å². The Bertz CT molecular complexity index is 266. The van der Waals surface area contributed by atoms with Gasteiger partial charge in [0.25, 0.3) is 0 Å². The van der Waals surface area contributed by atoms with E-state index in [0.717, 1.165) is 5.84 Å². The van der Waals surface area contributed by atoms with Crippen LogP contribution in [0.5, 0.6) is 0 Å². The Kier molecular flexibility index (Phi) is 2.74. The van der Waals surface area contributed by atoms with Gasteiger partial charge in [-0.05, 0) is 19.1 Å². The normalized spacial score (nSPS) is 11.4. The molecule has 64 valence electrons. The molecule has 0 saturated carbocycles. The lowest BCUT2D eigenvalue weighted by atomic mass is 10.5. The van der Waals surface area contributed by atoms with E-state index in [2.05, 4.69) is 15.2 Å². The van der Waals surface area contributed by atoms with Crippen LogP contribution in [0.3, 0.4) is 0 Å². The van der Waals surface area contributed by atoms with Gasteiger partial charge in [0.2, 0.25) is 0 Å². The van der Waals surface area contributed by atoms with Gasteiger partial charge in [-0.1, -0.05) is 0 Å². The number of hydrogen-bond acceptors (Lipinski definition) is 3. The molecule has 12 heavy (non-hydrogen) atoms. The molecule has 4 heteroatoms. The van der Waals surface area contributed by atoms with Crippen LogP contribution in [-0.4, -0.2) is 35.0 Å². The average Bonchev–Trinajstić information content (AvgIpc) is 2.06. The summed E-state index contributed by atoms with van der Waals surface area (Å²) in [6.07, 6.45) is 1.63. The summed E-state index contributed by atoms with van der Waals surface area (Å²) in [5.41, 5.74) is 0. The lowest BCUT2D eigenvalue weighted by molar-refractivity contribution is 0.618. The first-order chi connectivity index (χ1) is 5.70. The molecule has 0 aliphatic heterocycles. The molecular formula is C8H12N4. The highest BCUT2D eigenvalue weighted by Gasteiger charge is 1.94. The minimum Gasteiger partial charge on any atom is -0.366 e. The molecule has 0 aliphatic rings. The van der Waals surface area contributed by atoms with E-state index in [4.69, 9.17) is 0 Å². The van der Waals surface area contributed by atoms with Crippen LogP contribution in [0, 0.1) is 0 Å². The van der Waals surface area contributed by atoms with Crippen molar-refractivity contribution in [3.05, 3.63) is 18.3 Å². The van der Waals surface area contributed by atoms with Crippen molar-refractivity contribution in [2.75, 3.05) is 14.1 Å². The molecule has 0 spiro atoms. The highest BCUT2D eigenvalue weighted by atomic mass is 15.2. The van der Waals surface area contributed by atoms with Crippen LogP contribution < -0.4 is 0 Å². The van der Waals surface area contributed by atoms with E-state index in [1.807, 2.05) is 38.1 Å². The summed E-state index contributed by atoms with van der Waals surface area (Å²) < 4.78 is 0. The Morgan fingerprint density at radius 2 is 2.25 bits per heavy atom. The van der Waals surface area contributed by atoms with Crippen molar-refractivity contribution >= 4 is 11.7 Å². The average molecular weight is 164 g/mol. The summed E-state index contributed by atoms with van der Waals surface area (Å²) in [4.78, 5) is 6.15. The Labute approximate surface area is 72.0 Å². The maximum Gasteiger partial charge on any atom is 0.176 e. The van der Waals surface area contributed by atoms with E-state index in [1.165, 1.54) is 0 Å². The molecule has 0 aromatic carbocycles. The zero-order valence-electron chi connectivity index (χ0n) is 7.52.